The van der Waals surface area contributed by atoms with Gasteiger partial charge in [0.15, 0.2) is 0 Å². The van der Waals surface area contributed by atoms with Crippen LogP contribution in [0.3, 0.4) is 0 Å². The molecule has 0 aliphatic rings. The lowest BCUT2D eigenvalue weighted by atomic mass is 10.1. The summed E-state index contributed by atoms with van der Waals surface area (Å²) in [5.41, 5.74) is 6.05. The van der Waals surface area contributed by atoms with Gasteiger partial charge in [-0.15, -0.1) is 13.2 Å². The summed E-state index contributed by atoms with van der Waals surface area (Å²) in [4.78, 5) is 11.8. The average Bonchev–Trinajstić information content (AvgIpc) is 2.37. The Bertz CT molecular complexity index is 495. The normalized spacial score (nSPS) is 12.9. The van der Waals surface area contributed by atoms with Crippen LogP contribution in [0, 0.1) is 0 Å². The van der Waals surface area contributed by atoms with Crippen LogP contribution in [0.1, 0.15) is 26.2 Å². The SMILES string of the molecule is CCCC[C@H](N)C(=O)Nc1ccc(OC(F)(F)F)c(Br)c1. The molecule has 0 saturated heterocycles. The molecular formula is C13H16BrF3N2O2. The van der Waals surface area contributed by atoms with Crippen LogP contribution in [-0.2, 0) is 4.79 Å². The number of anilines is 1. The summed E-state index contributed by atoms with van der Waals surface area (Å²) in [7, 11) is 0. The smallest absolute Gasteiger partial charge is 0.405 e. The van der Waals surface area contributed by atoms with Gasteiger partial charge in [-0.05, 0) is 40.5 Å². The molecule has 1 atom stereocenters. The first-order valence-electron chi connectivity index (χ1n) is 6.34. The molecule has 118 valence electrons. The molecule has 0 radical (unpaired) electrons. The fraction of sp³-hybridized carbons (Fsp3) is 0.462. The van der Waals surface area contributed by atoms with Crippen LogP contribution in [0.15, 0.2) is 22.7 Å². The number of unbranched alkanes of at least 4 members (excludes halogenated alkanes) is 1. The predicted octanol–water partition coefficient (Wildman–Crippen LogP) is 3.80. The summed E-state index contributed by atoms with van der Waals surface area (Å²) < 4.78 is 40.3. The number of carbonyl (C=O) groups is 1. The Morgan fingerprint density at radius 3 is 2.67 bits per heavy atom. The number of halogens is 4. The quantitative estimate of drug-likeness (QED) is 0.802. The molecule has 0 heterocycles. The second kappa shape index (κ2) is 7.65. The monoisotopic (exact) mass is 368 g/mol. The molecule has 0 aromatic heterocycles. The Hall–Kier alpha value is -1.28. The lowest BCUT2D eigenvalue weighted by Gasteiger charge is -2.14. The minimum Gasteiger partial charge on any atom is -0.405 e. The summed E-state index contributed by atoms with van der Waals surface area (Å²) in [6.45, 7) is 1.99. The second-order valence-electron chi connectivity index (χ2n) is 4.43. The molecule has 8 heteroatoms. The van der Waals surface area contributed by atoms with E-state index in [1.165, 1.54) is 12.1 Å². The number of benzene rings is 1. The topological polar surface area (TPSA) is 64.4 Å². The Morgan fingerprint density at radius 2 is 2.14 bits per heavy atom. The standard InChI is InChI=1S/C13H16BrF3N2O2/c1-2-3-4-10(18)12(20)19-8-5-6-11(9(14)7-8)21-13(15,16)17/h5-7,10H,2-4,18H2,1H3,(H,19,20)/t10-/m0/s1. The van der Waals surface area contributed by atoms with Gasteiger partial charge in [0.25, 0.3) is 0 Å². The zero-order chi connectivity index (χ0) is 16.0. The van der Waals surface area contributed by atoms with Gasteiger partial charge in [0.1, 0.15) is 5.75 Å². The third-order valence-electron chi connectivity index (χ3n) is 2.63. The number of hydrogen-bond donors (Lipinski definition) is 2. The van der Waals surface area contributed by atoms with Crippen molar-refractivity contribution in [3.05, 3.63) is 22.7 Å². The molecule has 0 aliphatic carbocycles. The average molecular weight is 369 g/mol. The first-order chi connectivity index (χ1) is 9.73. The van der Waals surface area contributed by atoms with E-state index in [1.54, 1.807) is 0 Å². The number of rotatable bonds is 6. The van der Waals surface area contributed by atoms with Crippen molar-refractivity contribution >= 4 is 27.5 Å². The van der Waals surface area contributed by atoms with Gasteiger partial charge in [0.2, 0.25) is 5.91 Å². The van der Waals surface area contributed by atoms with Gasteiger partial charge in [-0.3, -0.25) is 4.79 Å². The highest BCUT2D eigenvalue weighted by atomic mass is 79.9. The summed E-state index contributed by atoms with van der Waals surface area (Å²) in [5, 5.41) is 2.55. The van der Waals surface area contributed by atoms with Crippen LogP contribution in [-0.4, -0.2) is 18.3 Å². The van der Waals surface area contributed by atoms with Gasteiger partial charge in [-0.1, -0.05) is 19.8 Å². The first-order valence-corrected chi connectivity index (χ1v) is 7.14. The van der Waals surface area contributed by atoms with Crippen molar-refractivity contribution in [1.29, 1.82) is 0 Å². The highest BCUT2D eigenvalue weighted by molar-refractivity contribution is 9.10. The Morgan fingerprint density at radius 1 is 1.48 bits per heavy atom. The van der Waals surface area contributed by atoms with E-state index in [-0.39, 0.29) is 16.1 Å². The molecule has 0 spiro atoms. The van der Waals surface area contributed by atoms with E-state index in [0.29, 0.717) is 12.1 Å². The van der Waals surface area contributed by atoms with E-state index in [2.05, 4.69) is 26.0 Å². The Balaban J connectivity index is 2.69. The minimum absolute atomic E-state index is 0.0831. The molecule has 1 rings (SSSR count). The molecular weight excluding hydrogens is 353 g/mol. The van der Waals surface area contributed by atoms with E-state index < -0.39 is 12.4 Å². The second-order valence-corrected chi connectivity index (χ2v) is 5.29. The van der Waals surface area contributed by atoms with Crippen molar-refractivity contribution in [3.8, 4) is 5.75 Å². The van der Waals surface area contributed by atoms with Crippen LogP contribution in [0.5, 0.6) is 5.75 Å². The Kier molecular flexibility index (Phi) is 6.47. The van der Waals surface area contributed by atoms with E-state index in [1.807, 2.05) is 6.92 Å². The van der Waals surface area contributed by atoms with Crippen LogP contribution in [0.4, 0.5) is 18.9 Å². The van der Waals surface area contributed by atoms with Crippen molar-refractivity contribution in [3.63, 3.8) is 0 Å². The van der Waals surface area contributed by atoms with Gasteiger partial charge >= 0.3 is 6.36 Å². The third kappa shape index (κ3) is 6.34. The molecule has 4 nitrogen and oxygen atoms in total. The fourth-order valence-corrected chi connectivity index (χ4v) is 2.04. The minimum atomic E-state index is -4.77. The van der Waals surface area contributed by atoms with Crippen molar-refractivity contribution in [1.82, 2.24) is 0 Å². The maximum absolute atomic E-state index is 12.1. The van der Waals surface area contributed by atoms with Gasteiger partial charge in [0.05, 0.1) is 10.5 Å². The Labute approximate surface area is 129 Å². The fourth-order valence-electron chi connectivity index (χ4n) is 1.58. The number of alkyl halides is 3. The first kappa shape index (κ1) is 17.8. The van der Waals surface area contributed by atoms with Crippen molar-refractivity contribution in [2.24, 2.45) is 5.73 Å². The van der Waals surface area contributed by atoms with Gasteiger partial charge in [-0.25, -0.2) is 0 Å². The number of carbonyl (C=O) groups excluding carboxylic acids is 1. The van der Waals surface area contributed by atoms with E-state index in [4.69, 9.17) is 5.73 Å². The zero-order valence-electron chi connectivity index (χ0n) is 11.3. The van der Waals surface area contributed by atoms with Gasteiger partial charge < -0.3 is 15.8 Å². The largest absolute Gasteiger partial charge is 0.573 e. The molecule has 0 aliphatic heterocycles. The number of nitrogens with one attached hydrogen (secondary N) is 1. The highest BCUT2D eigenvalue weighted by Crippen LogP contribution is 2.32. The molecule has 0 fully saturated rings. The van der Waals surface area contributed by atoms with Crippen LogP contribution >= 0.6 is 15.9 Å². The van der Waals surface area contributed by atoms with E-state index >= 15 is 0 Å². The number of hydrogen-bond acceptors (Lipinski definition) is 3. The zero-order valence-corrected chi connectivity index (χ0v) is 12.9. The van der Waals surface area contributed by atoms with Gasteiger partial charge in [-0.2, -0.15) is 0 Å². The van der Waals surface area contributed by atoms with Crippen molar-refractivity contribution < 1.29 is 22.7 Å². The number of nitrogens with two attached hydrogens (primary N) is 1. The molecule has 3 N–H and O–H groups in total. The lowest BCUT2D eigenvalue weighted by molar-refractivity contribution is -0.274. The molecule has 21 heavy (non-hydrogen) atoms. The summed E-state index contributed by atoms with van der Waals surface area (Å²) >= 11 is 2.96. The highest BCUT2D eigenvalue weighted by Gasteiger charge is 2.32. The molecule has 0 unspecified atom stereocenters. The molecule has 0 saturated carbocycles. The van der Waals surface area contributed by atoms with E-state index in [0.717, 1.165) is 18.9 Å². The predicted molar refractivity (Wildman–Crippen MR) is 77.0 cm³/mol. The molecule has 1 aromatic rings. The van der Waals surface area contributed by atoms with Crippen LogP contribution in [0.25, 0.3) is 0 Å². The van der Waals surface area contributed by atoms with Crippen LogP contribution < -0.4 is 15.8 Å². The molecule has 0 bridgehead atoms. The summed E-state index contributed by atoms with van der Waals surface area (Å²) in [6.07, 6.45) is -2.46. The van der Waals surface area contributed by atoms with Gasteiger partial charge in [0, 0.05) is 5.69 Å². The number of ether oxygens (including phenoxy) is 1. The third-order valence-corrected chi connectivity index (χ3v) is 3.25. The molecule has 1 amide bonds. The summed E-state index contributed by atoms with van der Waals surface area (Å²) in [6, 6.07) is 3.11. The van der Waals surface area contributed by atoms with E-state index in [9.17, 15) is 18.0 Å². The number of amides is 1. The summed E-state index contributed by atoms with van der Waals surface area (Å²) in [5.74, 6) is -0.754. The lowest BCUT2D eigenvalue weighted by Crippen LogP contribution is -2.35. The van der Waals surface area contributed by atoms with Crippen molar-refractivity contribution in [2.45, 2.75) is 38.6 Å². The maximum Gasteiger partial charge on any atom is 0.573 e. The molecule has 1 aromatic carbocycles. The maximum atomic E-state index is 12.1. The van der Waals surface area contributed by atoms with Crippen LogP contribution in [0.2, 0.25) is 0 Å². The van der Waals surface area contributed by atoms with Crippen molar-refractivity contribution in [2.75, 3.05) is 5.32 Å².